The molecule has 3 aliphatic heterocycles. The number of imidazole rings is 1. The van der Waals surface area contributed by atoms with E-state index in [0.29, 0.717) is 38.2 Å². The molecule has 32 heavy (non-hydrogen) atoms. The molecule has 3 amide bonds. The number of urea groups is 1. The molecule has 170 valence electrons. The number of carbonyl (C=O) groups is 2. The number of amides is 3. The Labute approximate surface area is 186 Å². The van der Waals surface area contributed by atoms with Crippen LogP contribution in [0.2, 0.25) is 0 Å². The van der Waals surface area contributed by atoms with E-state index in [-0.39, 0.29) is 17.8 Å². The van der Waals surface area contributed by atoms with Gasteiger partial charge in [0.2, 0.25) is 0 Å². The van der Waals surface area contributed by atoms with Crippen LogP contribution in [0.5, 0.6) is 0 Å². The van der Waals surface area contributed by atoms with Gasteiger partial charge in [-0.05, 0) is 43.5 Å². The monoisotopic (exact) mass is 441 g/mol. The Morgan fingerprint density at radius 3 is 2.47 bits per heavy atom. The van der Waals surface area contributed by atoms with Crippen LogP contribution in [0.15, 0.2) is 36.7 Å². The average molecular weight is 442 g/mol. The largest absolute Gasteiger partial charge is 0.352 e. The van der Waals surface area contributed by atoms with E-state index in [0.717, 1.165) is 31.8 Å². The highest BCUT2D eigenvalue weighted by Gasteiger charge is 2.48. The third kappa shape index (κ3) is 3.97. The first-order chi connectivity index (χ1) is 15.5. The fourth-order valence-corrected chi connectivity index (χ4v) is 4.99. The summed E-state index contributed by atoms with van der Waals surface area (Å²) < 4.78 is 21.6. The number of piperidine rings is 2. The molecule has 4 heterocycles. The van der Waals surface area contributed by atoms with Gasteiger partial charge in [0.05, 0.1) is 6.54 Å². The van der Waals surface area contributed by atoms with E-state index in [1.807, 2.05) is 15.7 Å². The van der Waals surface area contributed by atoms with Crippen molar-refractivity contribution in [1.82, 2.24) is 19.4 Å². The van der Waals surface area contributed by atoms with Gasteiger partial charge in [-0.15, -0.1) is 0 Å². The van der Waals surface area contributed by atoms with E-state index in [4.69, 9.17) is 4.74 Å². The fourth-order valence-electron chi connectivity index (χ4n) is 4.99. The van der Waals surface area contributed by atoms with Crippen LogP contribution in [-0.2, 0) is 21.7 Å². The Kier molecular flexibility index (Phi) is 5.58. The van der Waals surface area contributed by atoms with Crippen molar-refractivity contribution >= 4 is 17.6 Å². The third-order valence-corrected chi connectivity index (χ3v) is 6.75. The SMILES string of the molecule is O=C(Nc1ccc(F)cc1)N1CCC2(CC1)O[C@@H](C(=O)N1CCCCC1)Cn1ccnc12. The Morgan fingerprint density at radius 2 is 1.75 bits per heavy atom. The quantitative estimate of drug-likeness (QED) is 0.777. The molecular weight excluding hydrogens is 413 g/mol. The second-order valence-corrected chi connectivity index (χ2v) is 8.81. The maximum absolute atomic E-state index is 13.2. The summed E-state index contributed by atoms with van der Waals surface area (Å²) in [6.45, 7) is 3.01. The predicted molar refractivity (Wildman–Crippen MR) is 115 cm³/mol. The number of rotatable bonds is 2. The van der Waals surface area contributed by atoms with Crippen LogP contribution >= 0.6 is 0 Å². The van der Waals surface area contributed by atoms with E-state index >= 15 is 0 Å². The molecule has 1 spiro atoms. The van der Waals surface area contributed by atoms with Crippen LogP contribution in [0.1, 0.15) is 37.9 Å². The number of likely N-dealkylation sites (tertiary alicyclic amines) is 2. The van der Waals surface area contributed by atoms with Gasteiger partial charge in [-0.3, -0.25) is 4.79 Å². The standard InChI is InChI=1S/C23H28FN5O3/c24-17-4-6-18(7-5-17)26-22(31)28-13-8-23(9-14-28)21-25-10-15-29(21)16-19(32-23)20(30)27-11-2-1-3-12-27/h4-7,10,15,19H,1-3,8-9,11-14,16H2,(H,26,31)/t19-/m1/s1. The minimum Gasteiger partial charge on any atom is -0.352 e. The van der Waals surface area contributed by atoms with E-state index in [1.165, 1.54) is 30.7 Å². The first kappa shape index (κ1) is 20.9. The van der Waals surface area contributed by atoms with Crippen molar-refractivity contribution in [2.24, 2.45) is 0 Å². The van der Waals surface area contributed by atoms with Gasteiger partial charge in [0.1, 0.15) is 17.2 Å². The molecule has 1 aromatic heterocycles. The second kappa shape index (κ2) is 8.54. The number of ether oxygens (including phenoxy) is 1. The topological polar surface area (TPSA) is 79.7 Å². The van der Waals surface area contributed by atoms with Crippen molar-refractivity contribution < 1.29 is 18.7 Å². The molecule has 2 fully saturated rings. The normalized spacial score (nSPS) is 22.5. The number of halogens is 1. The minimum atomic E-state index is -0.676. The number of nitrogens with zero attached hydrogens (tertiary/aromatic N) is 4. The third-order valence-electron chi connectivity index (χ3n) is 6.75. The highest BCUT2D eigenvalue weighted by molar-refractivity contribution is 5.89. The van der Waals surface area contributed by atoms with Crippen molar-refractivity contribution in [2.45, 2.75) is 50.4 Å². The van der Waals surface area contributed by atoms with Crippen molar-refractivity contribution in [2.75, 3.05) is 31.5 Å². The Hall–Kier alpha value is -2.94. The predicted octanol–water partition coefficient (Wildman–Crippen LogP) is 2.96. The van der Waals surface area contributed by atoms with Crippen LogP contribution in [0.3, 0.4) is 0 Å². The summed E-state index contributed by atoms with van der Waals surface area (Å²) in [5, 5.41) is 2.81. The van der Waals surface area contributed by atoms with E-state index < -0.39 is 11.7 Å². The van der Waals surface area contributed by atoms with E-state index in [1.54, 1.807) is 11.1 Å². The number of hydrogen-bond acceptors (Lipinski definition) is 4. The maximum Gasteiger partial charge on any atom is 0.321 e. The van der Waals surface area contributed by atoms with Crippen LogP contribution in [0, 0.1) is 5.82 Å². The van der Waals surface area contributed by atoms with Crippen molar-refractivity contribution in [3.8, 4) is 0 Å². The number of aromatic nitrogens is 2. The van der Waals surface area contributed by atoms with Gasteiger partial charge >= 0.3 is 6.03 Å². The highest BCUT2D eigenvalue weighted by atomic mass is 19.1. The zero-order valence-corrected chi connectivity index (χ0v) is 18.0. The molecule has 0 unspecified atom stereocenters. The van der Waals surface area contributed by atoms with Crippen molar-refractivity contribution in [3.63, 3.8) is 0 Å². The smallest absolute Gasteiger partial charge is 0.321 e. The fraction of sp³-hybridized carbons (Fsp3) is 0.522. The Bertz CT molecular complexity index is 978. The van der Waals surface area contributed by atoms with Gasteiger partial charge in [-0.1, -0.05) is 0 Å². The highest BCUT2D eigenvalue weighted by Crippen LogP contribution is 2.40. The van der Waals surface area contributed by atoms with Crippen LogP contribution in [-0.4, -0.2) is 63.6 Å². The van der Waals surface area contributed by atoms with Crippen LogP contribution < -0.4 is 5.32 Å². The lowest BCUT2D eigenvalue weighted by atomic mass is 9.88. The van der Waals surface area contributed by atoms with Crippen molar-refractivity contribution in [3.05, 3.63) is 48.3 Å². The molecule has 9 heteroatoms. The Morgan fingerprint density at radius 1 is 1.03 bits per heavy atom. The zero-order chi connectivity index (χ0) is 22.1. The summed E-state index contributed by atoms with van der Waals surface area (Å²) in [5.41, 5.74) is -0.127. The molecule has 3 aliphatic rings. The van der Waals surface area contributed by atoms with Gasteiger partial charge in [0, 0.05) is 57.1 Å². The Balaban J connectivity index is 1.27. The molecule has 2 saturated heterocycles. The molecule has 0 saturated carbocycles. The number of hydrogen-bond donors (Lipinski definition) is 1. The van der Waals surface area contributed by atoms with Crippen molar-refractivity contribution in [1.29, 1.82) is 0 Å². The zero-order valence-electron chi connectivity index (χ0n) is 18.0. The molecule has 0 aliphatic carbocycles. The van der Waals surface area contributed by atoms with Gasteiger partial charge in [-0.2, -0.15) is 0 Å². The summed E-state index contributed by atoms with van der Waals surface area (Å²) >= 11 is 0. The summed E-state index contributed by atoms with van der Waals surface area (Å²) in [6, 6.07) is 5.48. The minimum absolute atomic E-state index is 0.0555. The van der Waals surface area contributed by atoms with Gasteiger partial charge in [0.25, 0.3) is 5.91 Å². The van der Waals surface area contributed by atoms with Crippen LogP contribution in [0.25, 0.3) is 0 Å². The number of fused-ring (bicyclic) bond motifs is 2. The summed E-state index contributed by atoms with van der Waals surface area (Å²) in [6.07, 6.45) is 7.49. The molecule has 8 nitrogen and oxygen atoms in total. The first-order valence-electron chi connectivity index (χ1n) is 11.3. The second-order valence-electron chi connectivity index (χ2n) is 8.81. The molecule has 0 radical (unpaired) electrons. The lowest BCUT2D eigenvalue weighted by molar-refractivity contribution is -0.180. The van der Waals surface area contributed by atoms with Gasteiger partial charge in [-0.25, -0.2) is 14.2 Å². The summed E-state index contributed by atoms with van der Waals surface area (Å²) in [4.78, 5) is 34.1. The maximum atomic E-state index is 13.2. The van der Waals surface area contributed by atoms with Gasteiger partial charge in [0.15, 0.2) is 6.10 Å². The van der Waals surface area contributed by atoms with E-state index in [2.05, 4.69) is 10.3 Å². The summed E-state index contributed by atoms with van der Waals surface area (Å²) in [5.74, 6) is 0.542. The molecule has 1 aromatic carbocycles. The summed E-state index contributed by atoms with van der Waals surface area (Å²) in [7, 11) is 0. The number of benzene rings is 1. The number of nitrogens with one attached hydrogen (secondary N) is 1. The lowest BCUT2D eigenvalue weighted by Gasteiger charge is -2.46. The molecule has 1 atom stereocenters. The molecule has 5 rings (SSSR count). The van der Waals surface area contributed by atoms with E-state index in [9.17, 15) is 14.0 Å². The first-order valence-corrected chi connectivity index (χ1v) is 11.3. The molecule has 1 N–H and O–H groups in total. The molecular formula is C23H28FN5O3. The van der Waals surface area contributed by atoms with Crippen LogP contribution in [0.4, 0.5) is 14.9 Å². The number of anilines is 1. The van der Waals surface area contributed by atoms with Gasteiger partial charge < -0.3 is 24.4 Å². The molecule has 0 bridgehead atoms. The molecule has 2 aromatic rings. The average Bonchev–Trinajstić information content (AvgIpc) is 3.31. The number of carbonyl (C=O) groups excluding carboxylic acids is 2. The lowest BCUT2D eigenvalue weighted by Crippen LogP contribution is -2.56.